The highest BCUT2D eigenvalue weighted by Gasteiger charge is 2.31. The number of aryl methyl sites for hydroxylation is 4. The summed E-state index contributed by atoms with van der Waals surface area (Å²) in [5.41, 5.74) is 7.65. The molecule has 0 bridgehead atoms. The Bertz CT molecular complexity index is 3480. The number of anilines is 2. The number of ketones is 1. The van der Waals surface area contributed by atoms with Crippen LogP contribution in [0, 0.1) is 0 Å². The normalized spacial score (nSPS) is 12.9. The first-order valence-electron chi connectivity index (χ1n) is 34.3. The molecule has 0 saturated carbocycles. The largest absolute Gasteiger partial charge is 0.473 e. The molecule has 21 heteroatoms. The van der Waals surface area contributed by atoms with E-state index in [-0.39, 0.29) is 49.9 Å². The smallest absolute Gasteiger partial charge is 0.416 e. The van der Waals surface area contributed by atoms with Gasteiger partial charge in [-0.15, -0.1) is 0 Å². The molecule has 2 aliphatic rings. The molecule has 0 aliphatic carbocycles. The second-order valence-electron chi connectivity index (χ2n) is 25.4. The number of rotatable bonds is 31. The Morgan fingerprint density at radius 1 is 0.515 bits per heavy atom. The van der Waals surface area contributed by atoms with Crippen molar-refractivity contribution in [1.29, 1.82) is 0 Å². The molecular weight excluding hydrogens is 1250 g/mol. The standard InChI is InChI=1S/C36H45N3O5.C32H39N3O4.C8H17O5P/c1-5-42-33(40)24-29(30-20-22-32(37-25-30)43-26-27-14-9-8-10-15-27)16-11-6-7-12-18-31-21-19-28-17-13-23-39(34(28)38-31)35(41)44-36(2,3)4;1-32(2,3)39-31(37)35-21-11-14-25-17-19-27(34-30(25)35)15-9-4-5-10-16-28(36)26-18-20-29(33-22-26)38-23-24-12-7-6-8-13-24;1-4-11-8(9)7-14(10,12-5-2)13-6-3/h8-10,14-15,19-22,24-25H,5-7,11-13,16-18,23,26H2,1-4H3;6-8,12-13,17-20,22H,4-5,9-11,14-16,21,23H2,1-3H3;4-7H2,1-3H3/b29-24-;;. The first-order chi connectivity index (χ1) is 46.6. The number of aromatic nitrogens is 4. The fourth-order valence-electron chi connectivity index (χ4n) is 10.6. The van der Waals surface area contributed by atoms with Gasteiger partial charge >= 0.3 is 31.7 Å². The highest BCUT2D eigenvalue weighted by atomic mass is 31.2. The van der Waals surface area contributed by atoms with Crippen LogP contribution >= 0.6 is 7.60 Å². The maximum absolute atomic E-state index is 12.8. The highest BCUT2D eigenvalue weighted by molar-refractivity contribution is 7.54. The van der Waals surface area contributed by atoms with Crippen molar-refractivity contribution in [1.82, 2.24) is 19.9 Å². The van der Waals surface area contributed by atoms with Gasteiger partial charge in [0.1, 0.15) is 42.2 Å². The molecule has 20 nitrogen and oxygen atoms in total. The molecule has 0 N–H and O–H groups in total. The molecule has 0 radical (unpaired) electrons. The molecule has 0 saturated heterocycles. The number of Topliss-reactive ketones (excluding diaryl/α,β-unsaturated/α-hetero) is 1. The van der Waals surface area contributed by atoms with E-state index >= 15 is 0 Å². The Morgan fingerprint density at radius 3 is 1.40 bits per heavy atom. The Morgan fingerprint density at radius 2 is 0.969 bits per heavy atom. The fraction of sp³-hybridized carbons (Fsp3) is 0.487. The summed E-state index contributed by atoms with van der Waals surface area (Å²) in [6.07, 6.45) is 18.4. The molecule has 524 valence electrons. The van der Waals surface area contributed by atoms with E-state index in [9.17, 15) is 28.5 Å². The number of ether oxygens (including phenoxy) is 6. The molecule has 0 spiro atoms. The van der Waals surface area contributed by atoms with Crippen LogP contribution in [0.4, 0.5) is 21.2 Å². The van der Waals surface area contributed by atoms with Crippen LogP contribution in [0.25, 0.3) is 5.57 Å². The lowest BCUT2D eigenvalue weighted by atomic mass is 9.99. The van der Waals surface area contributed by atoms with Crippen molar-refractivity contribution in [3.05, 3.63) is 172 Å². The summed E-state index contributed by atoms with van der Waals surface area (Å²) in [7, 11) is -3.28. The number of esters is 2. The predicted molar refractivity (Wildman–Crippen MR) is 377 cm³/mol. The van der Waals surface area contributed by atoms with Crippen molar-refractivity contribution in [2.75, 3.05) is 55.5 Å². The number of fused-ring (bicyclic) bond motifs is 2. The number of unbranched alkanes of at least 4 members (excludes halogenated alkanes) is 6. The van der Waals surface area contributed by atoms with E-state index in [1.807, 2.05) is 114 Å². The molecule has 8 rings (SSSR count). The average Bonchev–Trinajstić information content (AvgIpc) is 0.831. The van der Waals surface area contributed by atoms with E-state index in [2.05, 4.69) is 39.0 Å². The molecule has 0 fully saturated rings. The van der Waals surface area contributed by atoms with Gasteiger partial charge < -0.3 is 37.5 Å². The van der Waals surface area contributed by atoms with Gasteiger partial charge in [0.05, 0.1) is 26.4 Å². The van der Waals surface area contributed by atoms with Crippen molar-refractivity contribution in [2.45, 2.75) is 196 Å². The molecule has 4 aromatic heterocycles. The number of amides is 2. The number of benzene rings is 2. The second kappa shape index (κ2) is 40.4. The summed E-state index contributed by atoms with van der Waals surface area (Å²) in [6.45, 7) is 21.4. The molecular formula is C76H101N6O14P. The number of carbonyl (C=O) groups is 5. The van der Waals surface area contributed by atoms with Crippen LogP contribution in [0.2, 0.25) is 0 Å². The van der Waals surface area contributed by atoms with Gasteiger partial charge in [0.15, 0.2) is 5.78 Å². The van der Waals surface area contributed by atoms with E-state index in [1.165, 1.54) is 0 Å². The molecule has 97 heavy (non-hydrogen) atoms. The quantitative estimate of drug-likeness (QED) is 0.00982. The zero-order valence-corrected chi connectivity index (χ0v) is 59.5. The first-order valence-corrected chi connectivity index (χ1v) is 36.0. The van der Waals surface area contributed by atoms with E-state index in [1.54, 1.807) is 68.1 Å². The molecule has 0 unspecified atom stereocenters. The summed E-state index contributed by atoms with van der Waals surface area (Å²) in [6, 6.07) is 35.6. The number of nitrogens with zero attached hydrogens (tertiary/aromatic N) is 6. The SMILES string of the molecule is CC(C)(C)OC(=O)N1CCCc2ccc(CCCCCCC(=O)c3ccc(OCc4ccccc4)nc3)nc21.CCOC(=O)/C=C(/CCCCCCc1ccc2c(n1)N(C(=O)OC(C)(C)C)CCC2)c1ccc(OCc2ccccc2)nc1.CCOC(=O)CP(=O)(OCC)OCC. The van der Waals surface area contributed by atoms with Gasteiger partial charge in [-0.1, -0.05) is 98.5 Å². The zero-order valence-electron chi connectivity index (χ0n) is 58.6. The molecule has 6 heterocycles. The third-order valence-electron chi connectivity index (χ3n) is 15.1. The predicted octanol–water partition coefficient (Wildman–Crippen LogP) is 16.8. The third-order valence-corrected chi connectivity index (χ3v) is 17.1. The van der Waals surface area contributed by atoms with Gasteiger partial charge in [0.25, 0.3) is 0 Å². The minimum Gasteiger partial charge on any atom is -0.473 e. The van der Waals surface area contributed by atoms with Crippen molar-refractivity contribution >= 4 is 54.7 Å². The topological polar surface area (TPSA) is 234 Å². The minimum absolute atomic E-state index is 0.107. The van der Waals surface area contributed by atoms with Gasteiger partial charge in [-0.2, -0.15) is 0 Å². The van der Waals surface area contributed by atoms with Crippen LogP contribution in [0.1, 0.15) is 196 Å². The summed E-state index contributed by atoms with van der Waals surface area (Å²) in [5, 5.41) is 0. The molecule has 2 aromatic carbocycles. The van der Waals surface area contributed by atoms with Crippen LogP contribution in [0.15, 0.2) is 128 Å². The first kappa shape index (κ1) is 77.7. The fourth-order valence-corrected chi connectivity index (χ4v) is 12.0. The van der Waals surface area contributed by atoms with Crippen molar-refractivity contribution < 1.29 is 66.0 Å². The summed E-state index contributed by atoms with van der Waals surface area (Å²) >= 11 is 0. The van der Waals surface area contributed by atoms with Gasteiger partial charge in [0, 0.05) is 67.1 Å². The second-order valence-corrected chi connectivity index (χ2v) is 27.5. The molecule has 0 atom stereocenters. The highest BCUT2D eigenvalue weighted by Crippen LogP contribution is 2.48. The lowest BCUT2D eigenvalue weighted by Crippen LogP contribution is -2.40. The van der Waals surface area contributed by atoms with E-state index in [0.717, 1.165) is 153 Å². The maximum atomic E-state index is 12.8. The number of pyridine rings is 4. The molecule has 2 amide bonds. The Hall–Kier alpha value is -8.32. The number of hydrogen-bond donors (Lipinski definition) is 0. The lowest BCUT2D eigenvalue weighted by molar-refractivity contribution is -0.140. The third kappa shape index (κ3) is 28.3. The van der Waals surface area contributed by atoms with E-state index in [4.69, 9.17) is 42.7 Å². The Labute approximate surface area is 574 Å². The van der Waals surface area contributed by atoms with Crippen LogP contribution in [0.3, 0.4) is 0 Å². The van der Waals surface area contributed by atoms with Crippen LogP contribution in [-0.2, 0) is 81.0 Å². The van der Waals surface area contributed by atoms with Gasteiger partial charge in [-0.3, -0.25) is 24.0 Å². The van der Waals surface area contributed by atoms with Crippen molar-refractivity contribution in [2.24, 2.45) is 0 Å². The van der Waals surface area contributed by atoms with Crippen LogP contribution in [-0.4, -0.2) is 107 Å². The van der Waals surface area contributed by atoms with Gasteiger partial charge in [0.2, 0.25) is 11.8 Å². The van der Waals surface area contributed by atoms with Crippen LogP contribution < -0.4 is 19.3 Å². The van der Waals surface area contributed by atoms with Crippen LogP contribution in [0.5, 0.6) is 11.8 Å². The summed E-state index contributed by atoms with van der Waals surface area (Å²) in [4.78, 5) is 83.2. The maximum Gasteiger partial charge on any atom is 0.416 e. The van der Waals surface area contributed by atoms with Gasteiger partial charge in [-0.05, 0) is 198 Å². The summed E-state index contributed by atoms with van der Waals surface area (Å²) in [5.74, 6) is 1.74. The monoisotopic (exact) mass is 1350 g/mol. The minimum atomic E-state index is -3.28. The van der Waals surface area contributed by atoms with E-state index in [0.29, 0.717) is 56.7 Å². The Balaban J connectivity index is 0.000000258. The average molecular weight is 1350 g/mol. The van der Waals surface area contributed by atoms with Crippen molar-refractivity contribution in [3.63, 3.8) is 0 Å². The molecule has 2 aliphatic heterocycles. The van der Waals surface area contributed by atoms with Gasteiger partial charge in [-0.25, -0.2) is 34.3 Å². The van der Waals surface area contributed by atoms with E-state index < -0.39 is 24.8 Å². The number of hydrogen-bond acceptors (Lipinski definition) is 18. The zero-order chi connectivity index (χ0) is 70.1. The summed E-state index contributed by atoms with van der Waals surface area (Å²) < 4.78 is 54.2. The van der Waals surface area contributed by atoms with Crippen molar-refractivity contribution in [3.8, 4) is 11.8 Å². The number of allylic oxidation sites excluding steroid dienone is 1. The number of carbonyl (C=O) groups excluding carboxylic acids is 5. The lowest BCUT2D eigenvalue weighted by Gasteiger charge is -2.31. The molecule has 6 aromatic rings. The Kier molecular flexibility index (Phi) is 32.4.